The van der Waals surface area contributed by atoms with Gasteiger partial charge in [0.15, 0.2) is 6.10 Å². The van der Waals surface area contributed by atoms with E-state index < -0.39 is 12.1 Å². The zero-order chi connectivity index (χ0) is 50.0. The lowest BCUT2D eigenvalue weighted by Gasteiger charge is -2.18. The molecule has 0 aliphatic heterocycles. The summed E-state index contributed by atoms with van der Waals surface area (Å²) in [6.45, 7) is 6.26. The molecule has 69 heavy (non-hydrogen) atoms. The van der Waals surface area contributed by atoms with Crippen LogP contribution in [0.25, 0.3) is 0 Å². The Labute approximate surface area is 424 Å². The topological polar surface area (TPSA) is 78.9 Å². The lowest BCUT2D eigenvalue weighted by atomic mass is 10.1. The number of hydrogen-bond donors (Lipinski definition) is 0. The maximum Gasteiger partial charge on any atom is 0.310 e. The summed E-state index contributed by atoms with van der Waals surface area (Å²) in [6.07, 6.45) is 79.2. The fourth-order valence-corrected chi connectivity index (χ4v) is 7.11. The van der Waals surface area contributed by atoms with Gasteiger partial charge in [-0.1, -0.05) is 244 Å². The Bertz CT molecular complexity index is 1510. The van der Waals surface area contributed by atoms with Crippen LogP contribution in [0.4, 0.5) is 0 Å². The SMILES string of the molecule is CC/C=C\C/C=C\C/C=C\C/C=C\C/C=C\C/C=C\CCCCCCCCCCCCC(=O)OCC(COC(=O)CCCCCCCCC)OC(=O)C/C=C\C/C=C\C/C=C\C/C=C\C/C=C\CC. The van der Waals surface area contributed by atoms with Gasteiger partial charge in [-0.05, 0) is 96.3 Å². The van der Waals surface area contributed by atoms with Gasteiger partial charge >= 0.3 is 17.9 Å². The molecule has 6 nitrogen and oxygen atoms in total. The highest BCUT2D eigenvalue weighted by Crippen LogP contribution is 2.14. The van der Waals surface area contributed by atoms with Gasteiger partial charge in [0.25, 0.3) is 0 Å². The second-order valence-electron chi connectivity index (χ2n) is 17.8. The van der Waals surface area contributed by atoms with Crippen molar-refractivity contribution in [2.24, 2.45) is 0 Å². The van der Waals surface area contributed by atoms with E-state index in [0.717, 1.165) is 116 Å². The third-order valence-electron chi connectivity index (χ3n) is 11.2. The highest BCUT2D eigenvalue weighted by molar-refractivity contribution is 5.72. The van der Waals surface area contributed by atoms with Crippen LogP contribution in [0.1, 0.15) is 226 Å². The second kappa shape index (κ2) is 56.1. The fourth-order valence-electron chi connectivity index (χ4n) is 7.11. The van der Waals surface area contributed by atoms with E-state index >= 15 is 0 Å². The third-order valence-corrected chi connectivity index (χ3v) is 11.2. The van der Waals surface area contributed by atoms with Gasteiger partial charge in [0.05, 0.1) is 6.42 Å². The average Bonchev–Trinajstić information content (AvgIpc) is 3.35. The molecule has 0 saturated heterocycles. The van der Waals surface area contributed by atoms with Crippen molar-refractivity contribution >= 4 is 17.9 Å². The van der Waals surface area contributed by atoms with Crippen LogP contribution in [0.15, 0.2) is 134 Å². The second-order valence-corrected chi connectivity index (χ2v) is 17.8. The van der Waals surface area contributed by atoms with Crippen molar-refractivity contribution in [3.63, 3.8) is 0 Å². The first kappa shape index (κ1) is 64.5. The highest BCUT2D eigenvalue weighted by atomic mass is 16.6. The highest BCUT2D eigenvalue weighted by Gasteiger charge is 2.19. The summed E-state index contributed by atoms with van der Waals surface area (Å²) >= 11 is 0. The number of hydrogen-bond acceptors (Lipinski definition) is 6. The molecule has 0 fully saturated rings. The van der Waals surface area contributed by atoms with Crippen LogP contribution in [0.2, 0.25) is 0 Å². The number of unbranched alkanes of at least 4 members (excludes halogenated alkanes) is 16. The summed E-state index contributed by atoms with van der Waals surface area (Å²) in [5.41, 5.74) is 0. The van der Waals surface area contributed by atoms with E-state index in [1.807, 2.05) is 6.08 Å². The van der Waals surface area contributed by atoms with Crippen molar-refractivity contribution in [3.05, 3.63) is 134 Å². The third kappa shape index (κ3) is 54.4. The Morgan fingerprint density at radius 3 is 0.957 bits per heavy atom. The number of carbonyl (C=O) groups excluding carboxylic acids is 3. The predicted molar refractivity (Wildman–Crippen MR) is 297 cm³/mol. The standard InChI is InChI=1S/C63H100O6/c1-4-7-10-13-16-18-20-22-24-25-26-27-28-29-30-31-32-33-34-35-36-37-39-40-42-44-47-50-53-56-62(65)68-59-60(58-67-61(64)55-52-49-46-15-12-9-6-3)69-63(66)57-54-51-48-45-43-41-38-23-21-19-17-14-11-8-5-2/h7-8,10-11,16-19,22-24,26-27,29-30,32-33,38,43,45,51,54,60H,4-6,9,12-15,20-21,25,28,31,34-37,39-42,44,46-50,52-53,55-59H2,1-3H3/b10-7-,11-8-,18-16-,19-17-,24-22-,27-26-,30-29-,33-32-,38-23-,45-43-,54-51-. The molecule has 0 amide bonds. The van der Waals surface area contributed by atoms with Crippen molar-refractivity contribution in [3.8, 4) is 0 Å². The number of carbonyl (C=O) groups is 3. The number of rotatable bonds is 48. The van der Waals surface area contributed by atoms with E-state index in [1.54, 1.807) is 6.08 Å². The van der Waals surface area contributed by atoms with Crippen LogP contribution in [-0.2, 0) is 28.6 Å². The molecule has 0 saturated carbocycles. The predicted octanol–water partition coefficient (Wildman–Crippen LogP) is 18.6. The Morgan fingerprint density at radius 1 is 0.319 bits per heavy atom. The van der Waals surface area contributed by atoms with Gasteiger partial charge in [-0.3, -0.25) is 14.4 Å². The largest absolute Gasteiger partial charge is 0.462 e. The summed E-state index contributed by atoms with van der Waals surface area (Å²) in [5, 5.41) is 0. The Kier molecular flexibility index (Phi) is 52.5. The zero-order valence-corrected chi connectivity index (χ0v) is 44.3. The Balaban J connectivity index is 4.24. The van der Waals surface area contributed by atoms with Crippen LogP contribution in [0.5, 0.6) is 0 Å². The molecule has 0 spiro atoms. The summed E-state index contributed by atoms with van der Waals surface area (Å²) in [7, 11) is 0. The molecule has 0 aromatic rings. The maximum absolute atomic E-state index is 12.7. The molecule has 0 aromatic carbocycles. The quantitative estimate of drug-likeness (QED) is 0.0262. The van der Waals surface area contributed by atoms with E-state index in [0.29, 0.717) is 12.8 Å². The molecule has 0 aromatic heterocycles. The van der Waals surface area contributed by atoms with Crippen LogP contribution in [-0.4, -0.2) is 37.2 Å². The van der Waals surface area contributed by atoms with E-state index in [-0.39, 0.29) is 31.6 Å². The Hall–Kier alpha value is -4.45. The molecule has 0 N–H and O–H groups in total. The van der Waals surface area contributed by atoms with E-state index in [4.69, 9.17) is 14.2 Å². The molecule has 0 aliphatic carbocycles. The maximum atomic E-state index is 12.7. The van der Waals surface area contributed by atoms with Crippen LogP contribution < -0.4 is 0 Å². The molecule has 0 rings (SSSR count). The number of ether oxygens (including phenoxy) is 3. The molecule has 0 bridgehead atoms. The van der Waals surface area contributed by atoms with Gasteiger partial charge in [-0.2, -0.15) is 0 Å². The van der Waals surface area contributed by atoms with Gasteiger partial charge in [0.2, 0.25) is 0 Å². The van der Waals surface area contributed by atoms with Crippen LogP contribution >= 0.6 is 0 Å². The molecule has 0 radical (unpaired) electrons. The van der Waals surface area contributed by atoms with Gasteiger partial charge in [0, 0.05) is 12.8 Å². The number of esters is 3. The smallest absolute Gasteiger partial charge is 0.310 e. The summed E-state index contributed by atoms with van der Waals surface area (Å²) in [6, 6.07) is 0. The van der Waals surface area contributed by atoms with Crippen molar-refractivity contribution in [1.29, 1.82) is 0 Å². The molecule has 388 valence electrons. The lowest BCUT2D eigenvalue weighted by Crippen LogP contribution is -2.30. The van der Waals surface area contributed by atoms with Gasteiger partial charge in [-0.25, -0.2) is 0 Å². The summed E-state index contributed by atoms with van der Waals surface area (Å²) < 4.78 is 16.6. The molecular weight excluding hydrogens is 853 g/mol. The monoisotopic (exact) mass is 953 g/mol. The number of allylic oxidation sites excluding steroid dienone is 21. The van der Waals surface area contributed by atoms with Crippen molar-refractivity contribution in [1.82, 2.24) is 0 Å². The minimum Gasteiger partial charge on any atom is -0.462 e. The summed E-state index contributed by atoms with van der Waals surface area (Å²) in [4.78, 5) is 37.8. The van der Waals surface area contributed by atoms with E-state index in [2.05, 4.69) is 142 Å². The summed E-state index contributed by atoms with van der Waals surface area (Å²) in [5.74, 6) is -1.07. The average molecular weight is 953 g/mol. The van der Waals surface area contributed by atoms with Gasteiger partial charge in [-0.15, -0.1) is 0 Å². The molecular formula is C63H100O6. The minimum atomic E-state index is -0.834. The molecule has 6 heteroatoms. The van der Waals surface area contributed by atoms with Crippen molar-refractivity contribution in [2.45, 2.75) is 232 Å². The molecule has 1 unspecified atom stereocenters. The fraction of sp³-hybridized carbons (Fsp3) is 0.603. The molecule has 0 heterocycles. The molecule has 1 atom stereocenters. The Morgan fingerprint density at radius 2 is 0.609 bits per heavy atom. The van der Waals surface area contributed by atoms with E-state index in [1.165, 1.54) is 70.6 Å². The minimum absolute atomic E-state index is 0.0923. The van der Waals surface area contributed by atoms with Gasteiger partial charge < -0.3 is 14.2 Å². The van der Waals surface area contributed by atoms with Crippen LogP contribution in [0, 0.1) is 0 Å². The first-order valence-electron chi connectivity index (χ1n) is 27.7. The first-order chi connectivity index (χ1) is 34.0. The molecule has 0 aliphatic rings. The first-order valence-corrected chi connectivity index (χ1v) is 27.7. The van der Waals surface area contributed by atoms with Gasteiger partial charge in [0.1, 0.15) is 13.2 Å². The van der Waals surface area contributed by atoms with Crippen molar-refractivity contribution in [2.75, 3.05) is 13.2 Å². The zero-order valence-electron chi connectivity index (χ0n) is 44.3. The van der Waals surface area contributed by atoms with E-state index in [9.17, 15) is 14.4 Å². The lowest BCUT2D eigenvalue weighted by molar-refractivity contribution is -0.166. The van der Waals surface area contributed by atoms with Crippen molar-refractivity contribution < 1.29 is 28.6 Å². The van der Waals surface area contributed by atoms with Crippen LogP contribution in [0.3, 0.4) is 0 Å². The normalized spacial score (nSPS) is 13.1.